The SMILES string of the molecule is C=Cc1cc(C(C)(C)C)ccc1N1c2cc(C)cc3c2B(c2ccc4c5c2N3c2cc3c(cc2C5(C)CCC4(C)C)C(C)(C)CCC3(C)C)c2sc3cc4c(cc3c21)C(C)(C)CCC4(C)C. The minimum atomic E-state index is -0.105. The number of aryl methyl sites for hydroxylation is 1. The summed E-state index contributed by atoms with van der Waals surface area (Å²) in [6, 6.07) is 28.2. The summed E-state index contributed by atoms with van der Waals surface area (Å²) >= 11 is 2.07. The Hall–Kier alpha value is -4.54. The first-order valence-electron chi connectivity index (χ1n) is 25.3. The van der Waals surface area contributed by atoms with Crippen molar-refractivity contribution < 1.29 is 0 Å². The van der Waals surface area contributed by atoms with Crippen molar-refractivity contribution in [3.63, 3.8) is 0 Å². The molecule has 12 rings (SSSR count). The zero-order valence-electron chi connectivity index (χ0n) is 42.8. The van der Waals surface area contributed by atoms with Crippen molar-refractivity contribution in [3.05, 3.63) is 129 Å². The summed E-state index contributed by atoms with van der Waals surface area (Å²) in [7, 11) is 0. The highest BCUT2D eigenvalue weighted by atomic mass is 32.1. The van der Waals surface area contributed by atoms with Crippen molar-refractivity contribution in [2.45, 2.75) is 180 Å². The highest BCUT2D eigenvalue weighted by Gasteiger charge is 2.55. The molecule has 3 aliphatic carbocycles. The van der Waals surface area contributed by atoms with Gasteiger partial charge in [0.25, 0.3) is 6.71 Å². The van der Waals surface area contributed by atoms with Gasteiger partial charge in [0.15, 0.2) is 0 Å². The van der Waals surface area contributed by atoms with Crippen LogP contribution in [0.4, 0.5) is 34.1 Å². The van der Waals surface area contributed by atoms with Crippen LogP contribution < -0.4 is 25.5 Å². The van der Waals surface area contributed by atoms with Crippen molar-refractivity contribution in [2.24, 2.45) is 0 Å². The van der Waals surface area contributed by atoms with Crippen molar-refractivity contribution in [3.8, 4) is 0 Å². The number of hydrogen-bond donors (Lipinski definition) is 0. The van der Waals surface area contributed by atoms with Crippen molar-refractivity contribution in [1.29, 1.82) is 0 Å². The normalized spacial score (nSPS) is 22.7. The van der Waals surface area contributed by atoms with Crippen LogP contribution in [0.3, 0.4) is 0 Å². The molecule has 0 N–H and O–H groups in total. The van der Waals surface area contributed by atoms with Crippen LogP contribution in [0, 0.1) is 6.92 Å². The molecule has 0 fully saturated rings. The molecule has 4 heteroatoms. The molecular weight excluding hydrogens is 816 g/mol. The lowest BCUT2D eigenvalue weighted by Crippen LogP contribution is -2.62. The van der Waals surface area contributed by atoms with Crippen molar-refractivity contribution in [2.75, 3.05) is 9.80 Å². The molecule has 1 unspecified atom stereocenters. The fourth-order valence-corrected chi connectivity index (χ4v) is 15.4. The first-order valence-corrected chi connectivity index (χ1v) is 26.1. The van der Waals surface area contributed by atoms with Gasteiger partial charge in [-0.1, -0.05) is 134 Å². The summed E-state index contributed by atoms with van der Waals surface area (Å²) in [6.45, 7) is 41.5. The Morgan fingerprint density at radius 1 is 0.561 bits per heavy atom. The van der Waals surface area contributed by atoms with E-state index in [4.69, 9.17) is 0 Å². The van der Waals surface area contributed by atoms with Crippen molar-refractivity contribution in [1.82, 2.24) is 0 Å². The second-order valence-electron chi connectivity index (χ2n) is 26.3. The van der Waals surface area contributed by atoms with Gasteiger partial charge in [0.2, 0.25) is 0 Å². The summed E-state index contributed by atoms with van der Waals surface area (Å²) in [6.07, 6.45) is 9.25. The van der Waals surface area contributed by atoms with Gasteiger partial charge in [-0.25, -0.2) is 0 Å². The Labute approximate surface area is 401 Å². The Balaban J connectivity index is 1.23. The Kier molecular flexibility index (Phi) is 8.40. The molecule has 0 saturated carbocycles. The van der Waals surface area contributed by atoms with E-state index < -0.39 is 0 Å². The van der Waals surface area contributed by atoms with Crippen LogP contribution in [0.25, 0.3) is 16.2 Å². The van der Waals surface area contributed by atoms with Gasteiger partial charge in [-0.05, 0) is 187 Å². The van der Waals surface area contributed by atoms with E-state index in [1.807, 2.05) is 0 Å². The zero-order chi connectivity index (χ0) is 46.8. The molecule has 0 amide bonds. The van der Waals surface area contributed by atoms with Gasteiger partial charge in [0, 0.05) is 37.3 Å². The number of anilines is 6. The van der Waals surface area contributed by atoms with E-state index in [2.05, 4.69) is 204 Å². The van der Waals surface area contributed by atoms with E-state index in [1.54, 1.807) is 22.3 Å². The lowest BCUT2D eigenvalue weighted by atomic mass is 9.35. The predicted octanol–water partition coefficient (Wildman–Crippen LogP) is 15.6. The third-order valence-electron chi connectivity index (χ3n) is 18.6. The molecular formula is C62H71BN2S. The number of nitrogens with zero attached hydrogens (tertiary/aromatic N) is 2. The highest BCUT2D eigenvalue weighted by Crippen LogP contribution is 2.63. The van der Waals surface area contributed by atoms with Gasteiger partial charge in [0.05, 0.1) is 17.1 Å². The van der Waals surface area contributed by atoms with Gasteiger partial charge in [-0.3, -0.25) is 0 Å². The van der Waals surface area contributed by atoms with E-state index in [1.165, 1.54) is 125 Å². The molecule has 5 aromatic carbocycles. The van der Waals surface area contributed by atoms with E-state index in [9.17, 15) is 0 Å². The van der Waals surface area contributed by atoms with E-state index >= 15 is 0 Å². The molecule has 0 saturated heterocycles. The van der Waals surface area contributed by atoms with Crippen LogP contribution in [0.5, 0.6) is 0 Å². The quantitative estimate of drug-likeness (QED) is 0.160. The Morgan fingerprint density at radius 2 is 1.11 bits per heavy atom. The fraction of sp³-hybridized carbons (Fsp3) is 0.452. The van der Waals surface area contributed by atoms with Crippen LogP contribution in [0.15, 0.2) is 73.3 Å². The third-order valence-corrected chi connectivity index (χ3v) is 19.8. The number of rotatable bonds is 2. The maximum absolute atomic E-state index is 4.51. The van der Waals surface area contributed by atoms with Crippen LogP contribution in [-0.2, 0) is 37.9 Å². The van der Waals surface area contributed by atoms with Crippen LogP contribution in [-0.4, -0.2) is 6.71 Å². The fourth-order valence-electron chi connectivity index (χ4n) is 14.1. The predicted molar refractivity (Wildman–Crippen MR) is 289 cm³/mol. The average Bonchev–Trinajstić information content (AvgIpc) is 3.62. The molecule has 1 aromatic heterocycles. The number of hydrogen-bond acceptors (Lipinski definition) is 3. The van der Waals surface area contributed by atoms with Crippen LogP contribution in [0.1, 0.15) is 191 Å². The summed E-state index contributed by atoms with van der Waals surface area (Å²) in [5.41, 5.74) is 26.1. The molecule has 6 aliphatic rings. The van der Waals surface area contributed by atoms with Gasteiger partial charge >= 0.3 is 0 Å². The number of benzene rings is 5. The first-order chi connectivity index (χ1) is 30.8. The molecule has 66 heavy (non-hydrogen) atoms. The third kappa shape index (κ3) is 5.49. The summed E-state index contributed by atoms with van der Waals surface area (Å²) in [4.78, 5) is 5.51. The van der Waals surface area contributed by atoms with Gasteiger partial charge < -0.3 is 9.80 Å². The van der Waals surface area contributed by atoms with E-state index in [-0.39, 0.29) is 44.6 Å². The maximum atomic E-state index is 4.51. The second kappa shape index (κ2) is 13.0. The summed E-state index contributed by atoms with van der Waals surface area (Å²) in [5, 5.41) is 1.39. The average molecular weight is 887 g/mol. The monoisotopic (exact) mass is 887 g/mol. The van der Waals surface area contributed by atoms with E-state index in [0.717, 1.165) is 6.42 Å². The topological polar surface area (TPSA) is 6.48 Å². The zero-order valence-corrected chi connectivity index (χ0v) is 43.6. The molecule has 3 aliphatic heterocycles. The Morgan fingerprint density at radius 3 is 1.71 bits per heavy atom. The molecule has 338 valence electrons. The van der Waals surface area contributed by atoms with Gasteiger partial charge in [-0.15, -0.1) is 11.3 Å². The summed E-state index contributed by atoms with van der Waals surface area (Å²) in [5.74, 6) is 0. The van der Waals surface area contributed by atoms with Crippen LogP contribution >= 0.6 is 11.3 Å². The highest BCUT2D eigenvalue weighted by molar-refractivity contribution is 7.33. The lowest BCUT2D eigenvalue weighted by Gasteiger charge is -2.55. The van der Waals surface area contributed by atoms with Gasteiger partial charge in [0.1, 0.15) is 0 Å². The molecule has 2 nitrogen and oxygen atoms in total. The standard InChI is InChI=1S/C62H71BN2S/c1-17-36-30-37(56(3,4)5)18-21-46(36)64-48-28-35(2)29-49-52(48)63(55-53(64)38-31-40-43(34-50(38)66-55)61(14,15)25-22-58(40,8)9)45-20-19-39-51-54(45)65(49)47-33-42-41(59(10,11)23-24-60(42,12)13)32-44(47)62(51,16)27-26-57(39,6)7/h17-21,28-34H,1,22-27H2,2-16H3. The van der Waals surface area contributed by atoms with Crippen molar-refractivity contribution >= 4 is 84.0 Å². The molecule has 0 spiro atoms. The molecule has 1 atom stereocenters. The molecule has 0 bridgehead atoms. The second-order valence-corrected chi connectivity index (χ2v) is 27.4. The molecule has 6 aromatic rings. The molecule has 4 heterocycles. The van der Waals surface area contributed by atoms with Crippen LogP contribution in [0.2, 0.25) is 0 Å². The largest absolute Gasteiger partial charge is 0.311 e. The first kappa shape index (κ1) is 42.8. The number of thiophene rings is 1. The smallest absolute Gasteiger partial charge is 0.264 e. The van der Waals surface area contributed by atoms with E-state index in [0.29, 0.717) is 0 Å². The molecule has 0 radical (unpaired) electrons. The van der Waals surface area contributed by atoms with Gasteiger partial charge in [-0.2, -0.15) is 0 Å². The Bertz CT molecular complexity index is 3180. The lowest BCUT2D eigenvalue weighted by molar-refractivity contribution is 0.327. The number of fused-ring (bicyclic) bond motifs is 11. The summed E-state index contributed by atoms with van der Waals surface area (Å²) < 4.78 is 2.89. The minimum absolute atomic E-state index is 0.0139. The minimum Gasteiger partial charge on any atom is -0.311 e. The maximum Gasteiger partial charge on any atom is 0.264 e.